The minimum atomic E-state index is 0.322. The zero-order valence-corrected chi connectivity index (χ0v) is 10.7. The Morgan fingerprint density at radius 2 is 1.82 bits per heavy atom. The third-order valence-corrected chi connectivity index (χ3v) is 3.73. The van der Waals surface area contributed by atoms with Crippen LogP contribution in [0.25, 0.3) is 0 Å². The summed E-state index contributed by atoms with van der Waals surface area (Å²) in [5, 5.41) is 12.8. The Balaban J connectivity index is 1.88. The lowest BCUT2D eigenvalue weighted by atomic mass is 9.90. The maximum atomic E-state index is 9.24. The smallest absolute Gasteiger partial charge is 0.115 e. The second kappa shape index (κ2) is 5.41. The van der Waals surface area contributed by atoms with Crippen molar-refractivity contribution in [1.29, 1.82) is 0 Å². The molecule has 1 saturated heterocycles. The van der Waals surface area contributed by atoms with E-state index in [4.69, 9.17) is 0 Å². The number of piperidine rings is 1. The molecule has 1 aromatic rings. The van der Waals surface area contributed by atoms with Crippen molar-refractivity contribution in [1.82, 2.24) is 4.90 Å². The summed E-state index contributed by atoms with van der Waals surface area (Å²) in [6, 6.07) is 7.81. The van der Waals surface area contributed by atoms with Crippen LogP contribution in [0.5, 0.6) is 5.75 Å². The summed E-state index contributed by atoms with van der Waals surface area (Å²) in [6.45, 7) is 4.65. The molecule has 2 N–H and O–H groups in total. The van der Waals surface area contributed by atoms with E-state index >= 15 is 0 Å². The molecule has 1 atom stereocenters. The highest BCUT2D eigenvalue weighted by molar-refractivity contribution is 5.46. The van der Waals surface area contributed by atoms with E-state index in [9.17, 15) is 5.11 Å². The number of benzene rings is 1. The molecule has 1 aromatic carbocycles. The van der Waals surface area contributed by atoms with Crippen LogP contribution in [0.2, 0.25) is 0 Å². The average molecular weight is 234 g/mol. The molecular weight excluding hydrogens is 212 g/mol. The van der Waals surface area contributed by atoms with Crippen LogP contribution in [0.4, 0.5) is 5.69 Å². The molecule has 0 spiro atoms. The Hall–Kier alpha value is -1.22. The molecule has 94 valence electrons. The van der Waals surface area contributed by atoms with E-state index in [1.807, 2.05) is 12.1 Å². The summed E-state index contributed by atoms with van der Waals surface area (Å²) in [6.07, 6.45) is 2.53. The third-order valence-electron chi connectivity index (χ3n) is 3.73. The molecule has 1 fully saturated rings. The van der Waals surface area contributed by atoms with Crippen LogP contribution in [0, 0.1) is 5.92 Å². The number of nitrogens with zero attached hydrogens (tertiary/aromatic N) is 1. The first kappa shape index (κ1) is 12.2. The SMILES string of the molecule is CC(Nc1ccc(O)cc1)C1CCN(C)CC1. The van der Waals surface area contributed by atoms with Crippen molar-refractivity contribution in [3.8, 4) is 5.75 Å². The predicted molar refractivity (Wildman–Crippen MR) is 71.4 cm³/mol. The molecule has 1 aliphatic heterocycles. The molecule has 1 aliphatic rings. The minimum absolute atomic E-state index is 0.322. The molecule has 0 saturated carbocycles. The van der Waals surface area contributed by atoms with Gasteiger partial charge in [-0.1, -0.05) is 0 Å². The fraction of sp³-hybridized carbons (Fsp3) is 0.571. The maximum Gasteiger partial charge on any atom is 0.115 e. The lowest BCUT2D eigenvalue weighted by Crippen LogP contribution is -2.37. The lowest BCUT2D eigenvalue weighted by molar-refractivity contribution is 0.208. The van der Waals surface area contributed by atoms with Gasteiger partial charge >= 0.3 is 0 Å². The molecule has 0 aromatic heterocycles. The molecule has 1 heterocycles. The second-order valence-corrected chi connectivity index (χ2v) is 5.12. The van der Waals surface area contributed by atoms with Crippen LogP contribution in [0.1, 0.15) is 19.8 Å². The van der Waals surface area contributed by atoms with E-state index in [2.05, 4.69) is 24.2 Å². The van der Waals surface area contributed by atoms with Crippen molar-refractivity contribution in [2.24, 2.45) is 5.92 Å². The molecule has 2 rings (SSSR count). The second-order valence-electron chi connectivity index (χ2n) is 5.12. The molecule has 3 heteroatoms. The Labute approximate surface area is 103 Å². The van der Waals surface area contributed by atoms with Gasteiger partial charge in [-0.25, -0.2) is 0 Å². The van der Waals surface area contributed by atoms with Crippen molar-refractivity contribution in [3.63, 3.8) is 0 Å². The van der Waals surface area contributed by atoms with E-state index in [1.165, 1.54) is 25.9 Å². The molecule has 1 unspecified atom stereocenters. The van der Waals surface area contributed by atoms with E-state index in [0.29, 0.717) is 11.8 Å². The first-order valence-corrected chi connectivity index (χ1v) is 6.39. The monoisotopic (exact) mass is 234 g/mol. The predicted octanol–water partition coefficient (Wildman–Crippen LogP) is 2.53. The number of aromatic hydroxyl groups is 1. The minimum Gasteiger partial charge on any atom is -0.508 e. The fourth-order valence-electron chi connectivity index (χ4n) is 2.47. The van der Waals surface area contributed by atoms with Crippen LogP contribution in [0.15, 0.2) is 24.3 Å². The van der Waals surface area contributed by atoms with Crippen LogP contribution < -0.4 is 5.32 Å². The summed E-state index contributed by atoms with van der Waals surface area (Å²) in [4.78, 5) is 2.39. The number of nitrogens with one attached hydrogen (secondary N) is 1. The van der Waals surface area contributed by atoms with E-state index in [0.717, 1.165) is 11.6 Å². The Kier molecular flexibility index (Phi) is 3.89. The fourth-order valence-corrected chi connectivity index (χ4v) is 2.47. The third kappa shape index (κ3) is 3.37. The number of phenolic OH excluding ortho intramolecular Hbond substituents is 1. The topological polar surface area (TPSA) is 35.5 Å². The zero-order valence-electron chi connectivity index (χ0n) is 10.7. The van der Waals surface area contributed by atoms with Gasteiger partial charge in [-0.15, -0.1) is 0 Å². The molecule has 0 bridgehead atoms. The van der Waals surface area contributed by atoms with Gasteiger partial charge in [-0.05, 0) is 70.1 Å². The summed E-state index contributed by atoms with van der Waals surface area (Å²) in [5.74, 6) is 1.07. The van der Waals surface area contributed by atoms with Crippen molar-refractivity contribution in [2.75, 3.05) is 25.5 Å². The van der Waals surface area contributed by atoms with Gasteiger partial charge in [0.2, 0.25) is 0 Å². The van der Waals surface area contributed by atoms with Crippen molar-refractivity contribution >= 4 is 5.69 Å². The summed E-state index contributed by atoms with van der Waals surface area (Å²) in [5.41, 5.74) is 1.09. The van der Waals surface area contributed by atoms with E-state index in [1.54, 1.807) is 12.1 Å². The van der Waals surface area contributed by atoms with Gasteiger partial charge in [-0.3, -0.25) is 0 Å². The number of hydrogen-bond acceptors (Lipinski definition) is 3. The van der Waals surface area contributed by atoms with Gasteiger partial charge in [0.1, 0.15) is 5.75 Å². The summed E-state index contributed by atoms with van der Waals surface area (Å²) < 4.78 is 0. The molecular formula is C14H22N2O. The van der Waals surface area contributed by atoms with Gasteiger partial charge in [0.15, 0.2) is 0 Å². The van der Waals surface area contributed by atoms with Crippen LogP contribution in [-0.2, 0) is 0 Å². The van der Waals surface area contributed by atoms with Crippen LogP contribution in [0.3, 0.4) is 0 Å². The van der Waals surface area contributed by atoms with Crippen molar-refractivity contribution < 1.29 is 5.11 Å². The normalized spacial score (nSPS) is 20.1. The van der Waals surface area contributed by atoms with Crippen LogP contribution in [-0.4, -0.2) is 36.2 Å². The van der Waals surface area contributed by atoms with Crippen molar-refractivity contribution in [2.45, 2.75) is 25.8 Å². The number of rotatable bonds is 3. The average Bonchev–Trinajstić information content (AvgIpc) is 2.33. The van der Waals surface area contributed by atoms with Gasteiger partial charge in [0.05, 0.1) is 0 Å². The number of phenols is 1. The van der Waals surface area contributed by atoms with Gasteiger partial charge < -0.3 is 15.3 Å². The quantitative estimate of drug-likeness (QED) is 0.789. The standard InChI is InChI=1S/C14H22N2O/c1-11(12-7-9-16(2)10-8-12)15-13-3-5-14(17)6-4-13/h3-6,11-12,15,17H,7-10H2,1-2H3. The number of hydrogen-bond donors (Lipinski definition) is 2. The largest absolute Gasteiger partial charge is 0.508 e. The zero-order chi connectivity index (χ0) is 12.3. The molecule has 0 aliphatic carbocycles. The van der Waals surface area contributed by atoms with Gasteiger partial charge in [0, 0.05) is 11.7 Å². The summed E-state index contributed by atoms with van der Waals surface area (Å²) >= 11 is 0. The summed E-state index contributed by atoms with van der Waals surface area (Å²) in [7, 11) is 2.19. The van der Waals surface area contributed by atoms with Crippen molar-refractivity contribution in [3.05, 3.63) is 24.3 Å². The van der Waals surface area contributed by atoms with Crippen LogP contribution >= 0.6 is 0 Å². The maximum absolute atomic E-state index is 9.24. The highest BCUT2D eigenvalue weighted by Gasteiger charge is 2.21. The molecule has 0 radical (unpaired) electrons. The number of anilines is 1. The Bertz CT molecular complexity index is 342. The van der Waals surface area contributed by atoms with E-state index < -0.39 is 0 Å². The highest BCUT2D eigenvalue weighted by Crippen LogP contribution is 2.23. The molecule has 3 nitrogen and oxygen atoms in total. The first-order valence-electron chi connectivity index (χ1n) is 6.39. The van der Waals surface area contributed by atoms with Gasteiger partial charge in [0.25, 0.3) is 0 Å². The first-order chi connectivity index (χ1) is 8.15. The lowest BCUT2D eigenvalue weighted by Gasteiger charge is -2.33. The molecule has 0 amide bonds. The number of likely N-dealkylation sites (tertiary alicyclic amines) is 1. The Morgan fingerprint density at radius 1 is 1.24 bits per heavy atom. The Morgan fingerprint density at radius 3 is 2.41 bits per heavy atom. The molecule has 17 heavy (non-hydrogen) atoms. The van der Waals surface area contributed by atoms with E-state index in [-0.39, 0.29) is 0 Å². The van der Waals surface area contributed by atoms with Gasteiger partial charge in [-0.2, -0.15) is 0 Å². The highest BCUT2D eigenvalue weighted by atomic mass is 16.3.